The predicted octanol–water partition coefficient (Wildman–Crippen LogP) is 8.57. The van der Waals surface area contributed by atoms with Crippen LogP contribution in [0.25, 0.3) is 0 Å². The third kappa shape index (κ3) is 14.0. The molecule has 3 atom stereocenters. The number of anilines is 1. The van der Waals surface area contributed by atoms with Gasteiger partial charge in [0.25, 0.3) is 0 Å². The fourth-order valence-electron chi connectivity index (χ4n) is 2.65. The van der Waals surface area contributed by atoms with E-state index in [1.54, 1.807) is 13.0 Å². The van der Waals surface area contributed by atoms with Crippen LogP contribution in [0.1, 0.15) is 93.2 Å². The highest BCUT2D eigenvalue weighted by Crippen LogP contribution is 2.41. The summed E-state index contributed by atoms with van der Waals surface area (Å²) in [6.45, 7) is 23.6. The number of amides is 1. The Balaban J connectivity index is 0. The number of nitrogens with two attached hydrogens (primary N) is 1. The van der Waals surface area contributed by atoms with Crippen molar-refractivity contribution in [1.82, 2.24) is 4.90 Å². The average Bonchev–Trinajstić information content (AvgIpc) is 3.51. The Morgan fingerprint density at radius 3 is 2.26 bits per heavy atom. The molecule has 5 nitrogen and oxygen atoms in total. The lowest BCUT2D eigenvalue weighted by Crippen LogP contribution is -2.40. The first-order valence-corrected chi connectivity index (χ1v) is 14.3. The summed E-state index contributed by atoms with van der Waals surface area (Å²) in [4.78, 5) is 14.1. The van der Waals surface area contributed by atoms with E-state index in [9.17, 15) is 9.18 Å². The van der Waals surface area contributed by atoms with E-state index in [2.05, 4.69) is 36.7 Å². The molecule has 2 rings (SSSR count). The summed E-state index contributed by atoms with van der Waals surface area (Å²) in [7, 11) is 0. The van der Waals surface area contributed by atoms with Crippen molar-refractivity contribution in [2.75, 3.05) is 18.8 Å². The Morgan fingerprint density at radius 1 is 1.34 bits per heavy atom. The molecule has 2 N–H and O–H groups in total. The fraction of sp³-hybridized carbons (Fsp3) is 0.704. The predicted molar refractivity (Wildman–Crippen MR) is 153 cm³/mol. The molecule has 1 fully saturated rings. The number of halogens is 2. The van der Waals surface area contributed by atoms with Crippen molar-refractivity contribution >= 4 is 39.5 Å². The van der Waals surface area contributed by atoms with E-state index in [4.69, 9.17) is 15.7 Å². The number of rotatable bonds is 6. The highest BCUT2D eigenvalue weighted by atomic mass is 79.9. The fourth-order valence-corrected chi connectivity index (χ4v) is 3.89. The standard InChI is InChI=1S/C15H29NO2S.C8H6BrFN2.2C2H6/c1-7-11(2)8-9-16(10-13-12(3)19-13)14(17)18-15(4,5)6;1-4-6(9)2-7(12)5(3-11)8(4)10;2*1-2/h11-13H,7-10H2,1-6H3;2H,12H2,1H3;2*1-2H3. The van der Waals surface area contributed by atoms with Crippen LogP contribution in [0.15, 0.2) is 10.5 Å². The zero-order chi connectivity index (χ0) is 27.9. The maximum absolute atomic E-state index is 13.2. The van der Waals surface area contributed by atoms with Gasteiger partial charge in [0, 0.05) is 33.6 Å². The lowest BCUT2D eigenvalue weighted by Gasteiger charge is -2.28. The third-order valence-corrected chi connectivity index (χ3v) is 7.24. The smallest absolute Gasteiger partial charge is 0.410 e. The molecule has 0 bridgehead atoms. The first kappa shape index (κ1) is 35.7. The summed E-state index contributed by atoms with van der Waals surface area (Å²) in [5.41, 5.74) is 5.48. The quantitative estimate of drug-likeness (QED) is 0.271. The summed E-state index contributed by atoms with van der Waals surface area (Å²) in [6, 6.07) is 3.24. The Labute approximate surface area is 226 Å². The Morgan fingerprint density at radius 2 is 1.86 bits per heavy atom. The third-order valence-electron chi connectivity index (χ3n) is 5.07. The SMILES string of the molecule is CC.CC.CCC(C)CCN(CC1SC1C)C(=O)OC(C)(C)C.Cc1c(Br)cc(N)c(C#N)c1F. The van der Waals surface area contributed by atoms with Gasteiger partial charge in [-0.2, -0.15) is 17.0 Å². The number of hydrogen-bond donors (Lipinski definition) is 1. The number of hydrogen-bond acceptors (Lipinski definition) is 5. The molecule has 0 spiro atoms. The minimum absolute atomic E-state index is 0.0873. The number of thioether (sulfide) groups is 1. The molecular weight excluding hydrogens is 529 g/mol. The molecule has 0 aromatic heterocycles. The van der Waals surface area contributed by atoms with Crippen LogP contribution < -0.4 is 5.73 Å². The zero-order valence-electron chi connectivity index (χ0n) is 23.6. The molecule has 1 aliphatic heterocycles. The van der Waals surface area contributed by atoms with E-state index in [0.717, 1.165) is 25.9 Å². The number of carbonyl (C=O) groups excluding carboxylic acids is 1. The van der Waals surface area contributed by atoms with Gasteiger partial charge < -0.3 is 15.4 Å². The van der Waals surface area contributed by atoms with Gasteiger partial charge in [-0.15, -0.1) is 0 Å². The second-order valence-electron chi connectivity index (χ2n) is 8.98. The second kappa shape index (κ2) is 17.9. The number of benzene rings is 1. The van der Waals surface area contributed by atoms with E-state index in [1.807, 2.05) is 65.1 Å². The molecule has 202 valence electrons. The van der Waals surface area contributed by atoms with Crippen molar-refractivity contribution in [1.29, 1.82) is 5.26 Å². The van der Waals surface area contributed by atoms with Crippen LogP contribution in [-0.4, -0.2) is 40.2 Å². The molecule has 0 aliphatic carbocycles. The van der Waals surface area contributed by atoms with Crippen LogP contribution in [0.5, 0.6) is 0 Å². The van der Waals surface area contributed by atoms with Crippen LogP contribution in [0, 0.1) is 30.0 Å². The normalized spacial score (nSPS) is 16.6. The average molecular weight is 577 g/mol. The molecule has 1 saturated heterocycles. The highest BCUT2D eigenvalue weighted by molar-refractivity contribution is 9.10. The van der Waals surface area contributed by atoms with E-state index < -0.39 is 11.4 Å². The molecule has 0 radical (unpaired) electrons. The zero-order valence-corrected chi connectivity index (χ0v) is 26.0. The van der Waals surface area contributed by atoms with Gasteiger partial charge >= 0.3 is 6.09 Å². The van der Waals surface area contributed by atoms with Crippen LogP contribution in [0.3, 0.4) is 0 Å². The maximum atomic E-state index is 13.2. The highest BCUT2D eigenvalue weighted by Gasteiger charge is 2.37. The number of ether oxygens (including phenoxy) is 1. The van der Waals surface area contributed by atoms with Gasteiger partial charge in [0.1, 0.15) is 23.1 Å². The van der Waals surface area contributed by atoms with Gasteiger partial charge in [-0.1, -0.05) is 70.8 Å². The molecule has 8 heteroatoms. The number of carbonyl (C=O) groups is 1. The Bertz CT molecular complexity index is 809. The molecule has 35 heavy (non-hydrogen) atoms. The van der Waals surface area contributed by atoms with Gasteiger partial charge in [-0.25, -0.2) is 9.18 Å². The van der Waals surface area contributed by atoms with Crippen molar-refractivity contribution in [2.24, 2.45) is 5.92 Å². The topological polar surface area (TPSA) is 79.3 Å². The van der Waals surface area contributed by atoms with Gasteiger partial charge in [0.15, 0.2) is 0 Å². The molecule has 1 aromatic rings. The van der Waals surface area contributed by atoms with Crippen molar-refractivity contribution in [2.45, 2.75) is 105 Å². The maximum Gasteiger partial charge on any atom is 0.410 e. The Hall–Kier alpha value is -1.46. The molecule has 0 saturated carbocycles. The molecule has 1 amide bonds. The summed E-state index contributed by atoms with van der Waals surface area (Å²) in [5.74, 6) is 0.110. The number of nitriles is 1. The van der Waals surface area contributed by atoms with Crippen LogP contribution in [0.2, 0.25) is 0 Å². The number of nitrogen functional groups attached to an aromatic ring is 1. The second-order valence-corrected chi connectivity index (χ2v) is 11.5. The number of nitrogens with zero attached hydrogens (tertiary/aromatic N) is 2. The van der Waals surface area contributed by atoms with Crippen LogP contribution in [-0.2, 0) is 4.74 Å². The Kier molecular flexibility index (Phi) is 18.2. The molecule has 1 aliphatic rings. The lowest BCUT2D eigenvalue weighted by molar-refractivity contribution is 0.0245. The largest absolute Gasteiger partial charge is 0.444 e. The summed E-state index contributed by atoms with van der Waals surface area (Å²) < 4.78 is 19.3. The molecule has 1 aromatic carbocycles. The van der Waals surface area contributed by atoms with E-state index in [0.29, 0.717) is 26.5 Å². The van der Waals surface area contributed by atoms with Crippen molar-refractivity contribution in [3.05, 3.63) is 27.5 Å². The summed E-state index contributed by atoms with van der Waals surface area (Å²) in [5, 5.41) is 9.82. The molecule has 3 unspecified atom stereocenters. The van der Waals surface area contributed by atoms with Crippen molar-refractivity contribution in [3.8, 4) is 6.07 Å². The van der Waals surface area contributed by atoms with Crippen molar-refractivity contribution in [3.63, 3.8) is 0 Å². The lowest BCUT2D eigenvalue weighted by atomic mass is 10.1. The van der Waals surface area contributed by atoms with Crippen LogP contribution in [0.4, 0.5) is 14.9 Å². The van der Waals surface area contributed by atoms with Crippen LogP contribution >= 0.6 is 27.7 Å². The minimum atomic E-state index is -0.552. The first-order chi connectivity index (χ1) is 16.3. The molecular formula is C27H47BrFN3O2S. The summed E-state index contributed by atoms with van der Waals surface area (Å²) >= 11 is 5.08. The molecule has 1 heterocycles. The van der Waals surface area contributed by atoms with E-state index in [-0.39, 0.29) is 17.3 Å². The van der Waals surface area contributed by atoms with Gasteiger partial charge in [-0.3, -0.25) is 0 Å². The summed E-state index contributed by atoms with van der Waals surface area (Å²) in [6.07, 6.45) is 2.06. The van der Waals surface area contributed by atoms with Gasteiger partial charge in [0.2, 0.25) is 0 Å². The first-order valence-electron chi connectivity index (χ1n) is 12.6. The monoisotopic (exact) mass is 575 g/mol. The van der Waals surface area contributed by atoms with Gasteiger partial charge in [-0.05, 0) is 46.1 Å². The van der Waals surface area contributed by atoms with Gasteiger partial charge in [0.05, 0.1) is 5.69 Å². The van der Waals surface area contributed by atoms with E-state index >= 15 is 0 Å². The van der Waals surface area contributed by atoms with E-state index in [1.165, 1.54) is 6.07 Å². The minimum Gasteiger partial charge on any atom is -0.444 e. The van der Waals surface area contributed by atoms with Crippen molar-refractivity contribution < 1.29 is 13.9 Å².